The Morgan fingerprint density at radius 3 is 2.29 bits per heavy atom. The fraction of sp³-hybridized carbons (Fsp3) is 1.00. The molecular weight excluding hydrogens is 170 g/mol. The Morgan fingerprint density at radius 1 is 1.07 bits per heavy atom. The lowest BCUT2D eigenvalue weighted by Crippen LogP contribution is -2.42. The molecule has 14 heavy (non-hydrogen) atoms. The second kappa shape index (κ2) is 3.52. The zero-order valence-electron chi connectivity index (χ0n) is 10.0. The Balaban J connectivity index is 2.22. The topological polar surface area (TPSA) is 26.0 Å². The van der Waals surface area contributed by atoms with Gasteiger partial charge in [-0.1, -0.05) is 27.7 Å². The molecule has 0 amide bonds. The molecule has 2 fully saturated rings. The van der Waals surface area contributed by atoms with E-state index in [-0.39, 0.29) is 0 Å². The van der Waals surface area contributed by atoms with Crippen LogP contribution in [0.3, 0.4) is 0 Å². The number of hydrogen-bond acceptors (Lipinski definition) is 1. The summed E-state index contributed by atoms with van der Waals surface area (Å²) in [4.78, 5) is 0. The van der Waals surface area contributed by atoms with E-state index < -0.39 is 0 Å². The predicted molar refractivity (Wildman–Crippen MR) is 60.8 cm³/mol. The highest BCUT2D eigenvalue weighted by atomic mass is 14.8. The Morgan fingerprint density at radius 2 is 1.71 bits per heavy atom. The smallest absolute Gasteiger partial charge is 0.0104 e. The zero-order chi connectivity index (χ0) is 10.5. The van der Waals surface area contributed by atoms with Gasteiger partial charge in [0.1, 0.15) is 0 Å². The van der Waals surface area contributed by atoms with Crippen molar-refractivity contribution in [3.8, 4) is 0 Å². The van der Waals surface area contributed by atoms with Gasteiger partial charge in [0.05, 0.1) is 0 Å². The molecule has 0 heterocycles. The molecule has 1 heteroatoms. The molecule has 2 saturated carbocycles. The quantitative estimate of drug-likeness (QED) is 0.684. The molecule has 0 aromatic rings. The minimum absolute atomic E-state index is 0.501. The molecule has 6 atom stereocenters. The summed E-state index contributed by atoms with van der Waals surface area (Å²) in [6.45, 7) is 9.58. The highest BCUT2D eigenvalue weighted by molar-refractivity contribution is 5.02. The summed E-state index contributed by atoms with van der Waals surface area (Å²) in [5.41, 5.74) is 6.39. The summed E-state index contributed by atoms with van der Waals surface area (Å²) in [6.07, 6.45) is 2.81. The van der Waals surface area contributed by atoms with Crippen molar-refractivity contribution in [2.45, 2.75) is 46.6 Å². The van der Waals surface area contributed by atoms with Crippen molar-refractivity contribution in [3.63, 3.8) is 0 Å². The minimum Gasteiger partial charge on any atom is -0.327 e. The third-order valence-electron chi connectivity index (χ3n) is 5.23. The van der Waals surface area contributed by atoms with E-state index in [1.54, 1.807) is 0 Å². The zero-order valence-corrected chi connectivity index (χ0v) is 10.0. The fourth-order valence-electron chi connectivity index (χ4n) is 4.21. The normalized spacial score (nSPS) is 52.7. The van der Waals surface area contributed by atoms with Gasteiger partial charge in [0, 0.05) is 6.04 Å². The highest BCUT2D eigenvalue weighted by Crippen LogP contribution is 2.53. The van der Waals surface area contributed by atoms with Gasteiger partial charge in [-0.2, -0.15) is 0 Å². The first-order valence-corrected chi connectivity index (χ1v) is 6.29. The first-order valence-electron chi connectivity index (χ1n) is 6.29. The van der Waals surface area contributed by atoms with Crippen molar-refractivity contribution in [2.75, 3.05) is 0 Å². The molecule has 0 saturated heterocycles. The molecule has 0 spiro atoms. The van der Waals surface area contributed by atoms with Gasteiger partial charge in [-0.05, 0) is 48.3 Å². The maximum atomic E-state index is 6.39. The summed E-state index contributed by atoms with van der Waals surface area (Å²) in [7, 11) is 0. The molecule has 0 radical (unpaired) electrons. The number of hydrogen-bond donors (Lipinski definition) is 1. The van der Waals surface area contributed by atoms with Gasteiger partial charge in [0.25, 0.3) is 0 Å². The number of nitrogens with two attached hydrogens (primary N) is 1. The summed E-state index contributed by atoms with van der Waals surface area (Å²) in [5.74, 6) is 5.05. The predicted octanol–water partition coefficient (Wildman–Crippen LogP) is 2.90. The van der Waals surface area contributed by atoms with E-state index in [1.807, 2.05) is 0 Å². The monoisotopic (exact) mass is 195 g/mol. The van der Waals surface area contributed by atoms with E-state index in [9.17, 15) is 0 Å². The van der Waals surface area contributed by atoms with Crippen LogP contribution in [-0.4, -0.2) is 6.04 Å². The Kier molecular flexibility index (Phi) is 2.63. The lowest BCUT2D eigenvalue weighted by atomic mass is 9.70. The van der Waals surface area contributed by atoms with Crippen molar-refractivity contribution in [1.29, 1.82) is 0 Å². The van der Waals surface area contributed by atoms with Crippen LogP contribution in [0.1, 0.15) is 40.5 Å². The van der Waals surface area contributed by atoms with E-state index in [4.69, 9.17) is 5.73 Å². The maximum absolute atomic E-state index is 6.39. The molecule has 2 aliphatic rings. The van der Waals surface area contributed by atoms with Crippen molar-refractivity contribution >= 4 is 0 Å². The van der Waals surface area contributed by atoms with Gasteiger partial charge < -0.3 is 5.73 Å². The Labute approximate surface area is 88.4 Å². The van der Waals surface area contributed by atoms with Crippen molar-refractivity contribution in [2.24, 2.45) is 41.2 Å². The van der Waals surface area contributed by atoms with E-state index in [1.165, 1.54) is 12.8 Å². The molecule has 2 rings (SSSR count). The van der Waals surface area contributed by atoms with Crippen LogP contribution in [-0.2, 0) is 0 Å². The van der Waals surface area contributed by atoms with Crippen LogP contribution in [0.5, 0.6) is 0 Å². The summed E-state index contributed by atoms with van der Waals surface area (Å²) >= 11 is 0. The van der Waals surface area contributed by atoms with E-state index in [0.29, 0.717) is 6.04 Å². The minimum atomic E-state index is 0.501. The molecule has 0 aliphatic heterocycles. The largest absolute Gasteiger partial charge is 0.327 e. The standard InChI is InChI=1S/C13H25N/c1-7(2)10-5-6-11-8(3)9(4)12(10)13(11)14/h7-13H,5-6,14H2,1-4H3/t8-,9+,10+,11-,12-,13-/m1/s1. The van der Waals surface area contributed by atoms with E-state index in [0.717, 1.165) is 35.5 Å². The molecule has 0 aromatic carbocycles. The molecule has 2 aliphatic carbocycles. The van der Waals surface area contributed by atoms with Gasteiger partial charge >= 0.3 is 0 Å². The van der Waals surface area contributed by atoms with Crippen molar-refractivity contribution in [1.82, 2.24) is 0 Å². The van der Waals surface area contributed by atoms with Gasteiger partial charge in [0.2, 0.25) is 0 Å². The summed E-state index contributed by atoms with van der Waals surface area (Å²) in [6, 6.07) is 0.501. The SMILES string of the molecule is CC(C)[C@@H]1CC[C@@H]2[C@H](C)[C@H](C)[C@H]1[C@@H]2N. The number of fused-ring (bicyclic) bond motifs is 2. The Bertz CT molecular complexity index is 207. The lowest BCUT2D eigenvalue weighted by Gasteiger charge is -2.38. The number of rotatable bonds is 1. The van der Waals surface area contributed by atoms with Crippen molar-refractivity contribution < 1.29 is 0 Å². The van der Waals surface area contributed by atoms with Gasteiger partial charge in [-0.3, -0.25) is 0 Å². The van der Waals surface area contributed by atoms with Crippen molar-refractivity contribution in [3.05, 3.63) is 0 Å². The van der Waals surface area contributed by atoms with Crippen LogP contribution in [0.15, 0.2) is 0 Å². The molecular formula is C13H25N. The van der Waals surface area contributed by atoms with Crippen LogP contribution in [0.25, 0.3) is 0 Å². The highest BCUT2D eigenvalue weighted by Gasteiger charge is 2.50. The first-order chi connectivity index (χ1) is 6.54. The van der Waals surface area contributed by atoms with Gasteiger partial charge in [0.15, 0.2) is 0 Å². The van der Waals surface area contributed by atoms with Gasteiger partial charge in [-0.15, -0.1) is 0 Å². The molecule has 2 N–H and O–H groups in total. The molecule has 0 unspecified atom stereocenters. The third-order valence-corrected chi connectivity index (χ3v) is 5.23. The van der Waals surface area contributed by atoms with Crippen LogP contribution in [0, 0.1) is 35.5 Å². The average molecular weight is 195 g/mol. The fourth-order valence-corrected chi connectivity index (χ4v) is 4.21. The molecule has 82 valence electrons. The average Bonchev–Trinajstić information content (AvgIpc) is 2.30. The second-order valence-corrected chi connectivity index (χ2v) is 6.02. The maximum Gasteiger partial charge on any atom is 0.0104 e. The van der Waals surface area contributed by atoms with Crippen LogP contribution >= 0.6 is 0 Å². The van der Waals surface area contributed by atoms with E-state index in [2.05, 4.69) is 27.7 Å². The lowest BCUT2D eigenvalue weighted by molar-refractivity contribution is 0.143. The molecule has 2 bridgehead atoms. The molecule has 0 aromatic heterocycles. The van der Waals surface area contributed by atoms with Crippen LogP contribution < -0.4 is 5.73 Å². The van der Waals surface area contributed by atoms with E-state index >= 15 is 0 Å². The third kappa shape index (κ3) is 1.32. The summed E-state index contributed by atoms with van der Waals surface area (Å²) < 4.78 is 0. The van der Waals surface area contributed by atoms with Crippen LogP contribution in [0.4, 0.5) is 0 Å². The second-order valence-electron chi connectivity index (χ2n) is 6.02. The van der Waals surface area contributed by atoms with Crippen LogP contribution in [0.2, 0.25) is 0 Å². The van der Waals surface area contributed by atoms with Gasteiger partial charge in [-0.25, -0.2) is 0 Å². The molecule has 1 nitrogen and oxygen atoms in total. The first kappa shape index (κ1) is 10.5. The Hall–Kier alpha value is -0.0400. The summed E-state index contributed by atoms with van der Waals surface area (Å²) in [5, 5.41) is 0.